The summed E-state index contributed by atoms with van der Waals surface area (Å²) in [5.41, 5.74) is 3.14. The molecule has 0 amide bonds. The second-order valence-corrected chi connectivity index (χ2v) is 9.76. The number of Topliss-reactive ketones (excluding diaryl/α,β-unsaturated/α-hetero) is 1. The number of benzene rings is 3. The van der Waals surface area contributed by atoms with Gasteiger partial charge in [0.25, 0.3) is 0 Å². The Morgan fingerprint density at radius 3 is 2.56 bits per heavy atom. The van der Waals surface area contributed by atoms with Crippen LogP contribution in [-0.4, -0.2) is 17.9 Å². The minimum absolute atomic E-state index is 0.0404. The summed E-state index contributed by atoms with van der Waals surface area (Å²) in [4.78, 5) is 18.2. The minimum atomic E-state index is -0.705. The van der Waals surface area contributed by atoms with E-state index in [0.717, 1.165) is 17.0 Å². The van der Waals surface area contributed by atoms with Crippen molar-refractivity contribution in [2.24, 2.45) is 0 Å². The Labute approximate surface area is 236 Å². The predicted molar refractivity (Wildman–Crippen MR) is 151 cm³/mol. The molecule has 0 fully saturated rings. The third-order valence-electron chi connectivity index (χ3n) is 6.97. The van der Waals surface area contributed by atoms with Crippen LogP contribution in [-0.2, 0) is 17.8 Å². The van der Waals surface area contributed by atoms with Gasteiger partial charge < -0.3 is 4.74 Å². The Morgan fingerprint density at radius 2 is 1.80 bits per heavy atom. The molecule has 7 heteroatoms. The van der Waals surface area contributed by atoms with E-state index in [1.807, 2.05) is 47.2 Å². The lowest BCUT2D eigenvalue weighted by atomic mass is 9.86. The number of ether oxygens (including phenoxy) is 1. The standard InChI is InChI=1S/C34H26F3N2O2/c1-3-23-17-25(9-11-32(23)37)31-7-4-12-38-34(31)26(14-22-15-27(35)19-28(36)16-22)18-29(40)21-39-13-5-6-24-8-10-30(41-2)20-33(24)39/h1,4-13,15-17,19-20,26H,14,18,21H2,2H3/q+1/t26-/m1/s1. The van der Waals surface area contributed by atoms with Gasteiger partial charge in [-0.25, -0.2) is 13.2 Å². The maximum atomic E-state index is 14.2. The van der Waals surface area contributed by atoms with Crippen LogP contribution in [0.2, 0.25) is 0 Å². The topological polar surface area (TPSA) is 43.1 Å². The van der Waals surface area contributed by atoms with Crippen molar-refractivity contribution in [2.45, 2.75) is 25.3 Å². The van der Waals surface area contributed by atoms with Gasteiger partial charge in [0.05, 0.1) is 24.4 Å². The van der Waals surface area contributed by atoms with Gasteiger partial charge in [0.2, 0.25) is 12.1 Å². The Kier molecular flexibility index (Phi) is 8.11. The van der Waals surface area contributed by atoms with E-state index in [1.165, 1.54) is 18.2 Å². The number of pyridine rings is 2. The van der Waals surface area contributed by atoms with E-state index in [-0.39, 0.29) is 30.7 Å². The molecule has 204 valence electrons. The fourth-order valence-electron chi connectivity index (χ4n) is 5.11. The lowest BCUT2D eigenvalue weighted by Crippen LogP contribution is -2.38. The fraction of sp³-hybridized carbons (Fsp3) is 0.147. The number of carbonyl (C=O) groups is 1. The van der Waals surface area contributed by atoms with Gasteiger partial charge in [-0.1, -0.05) is 18.1 Å². The highest BCUT2D eigenvalue weighted by Crippen LogP contribution is 2.33. The van der Waals surface area contributed by atoms with Crippen molar-refractivity contribution in [1.29, 1.82) is 0 Å². The zero-order chi connectivity index (χ0) is 28.9. The number of aromatic nitrogens is 2. The summed E-state index contributed by atoms with van der Waals surface area (Å²) < 4.78 is 49.6. The van der Waals surface area contributed by atoms with E-state index in [0.29, 0.717) is 28.1 Å². The second-order valence-electron chi connectivity index (χ2n) is 9.76. The number of hydrogen-bond donors (Lipinski definition) is 0. The van der Waals surface area contributed by atoms with Crippen LogP contribution in [0.4, 0.5) is 13.2 Å². The molecule has 41 heavy (non-hydrogen) atoms. The zero-order valence-electron chi connectivity index (χ0n) is 22.3. The monoisotopic (exact) mass is 551 g/mol. The molecule has 1 atom stereocenters. The van der Waals surface area contributed by atoms with E-state index in [4.69, 9.17) is 11.2 Å². The van der Waals surface area contributed by atoms with Crippen molar-refractivity contribution in [3.63, 3.8) is 0 Å². The summed E-state index contributed by atoms with van der Waals surface area (Å²) in [6.45, 7) is 0.0679. The number of rotatable bonds is 9. The third kappa shape index (κ3) is 6.28. The van der Waals surface area contributed by atoms with Crippen LogP contribution in [0.15, 0.2) is 91.3 Å². The number of hydrogen-bond acceptors (Lipinski definition) is 3. The first kappa shape index (κ1) is 27.6. The van der Waals surface area contributed by atoms with Crippen molar-refractivity contribution in [3.8, 4) is 29.2 Å². The molecule has 0 spiro atoms. The number of ketones is 1. The van der Waals surface area contributed by atoms with Crippen molar-refractivity contribution in [1.82, 2.24) is 4.98 Å². The molecule has 2 aromatic heterocycles. The lowest BCUT2D eigenvalue weighted by Gasteiger charge is -2.19. The molecule has 0 bridgehead atoms. The molecule has 0 unspecified atom stereocenters. The molecule has 0 aliphatic rings. The highest BCUT2D eigenvalue weighted by atomic mass is 19.1. The van der Waals surface area contributed by atoms with E-state index in [1.54, 1.807) is 31.5 Å². The number of terminal acetylenes is 1. The van der Waals surface area contributed by atoms with Crippen LogP contribution in [0.5, 0.6) is 5.75 Å². The second kappa shape index (κ2) is 12.1. The largest absolute Gasteiger partial charge is 0.497 e. The van der Waals surface area contributed by atoms with Crippen LogP contribution in [0.1, 0.15) is 29.2 Å². The number of halogens is 3. The molecule has 5 rings (SSSR count). The maximum Gasteiger partial charge on any atom is 0.216 e. The predicted octanol–water partition coefficient (Wildman–Crippen LogP) is 6.58. The number of nitrogens with zero attached hydrogens (tertiary/aromatic N) is 2. The molecule has 0 saturated heterocycles. The smallest absolute Gasteiger partial charge is 0.216 e. The summed E-state index contributed by atoms with van der Waals surface area (Å²) in [5, 5.41) is 0.945. The molecule has 3 aromatic carbocycles. The summed E-state index contributed by atoms with van der Waals surface area (Å²) in [6.07, 6.45) is 9.11. The van der Waals surface area contributed by atoms with Crippen LogP contribution in [0.3, 0.4) is 0 Å². The third-order valence-corrected chi connectivity index (χ3v) is 6.97. The van der Waals surface area contributed by atoms with Gasteiger partial charge in [-0.05, 0) is 66.1 Å². The molecular formula is C34H26F3N2O2+. The molecule has 0 N–H and O–H groups in total. The Morgan fingerprint density at radius 1 is 1.00 bits per heavy atom. The van der Waals surface area contributed by atoms with Gasteiger partial charge in [0.1, 0.15) is 23.2 Å². The number of carbonyl (C=O) groups excluding carboxylic acids is 1. The zero-order valence-corrected chi connectivity index (χ0v) is 22.3. The minimum Gasteiger partial charge on any atom is -0.497 e. The van der Waals surface area contributed by atoms with Crippen molar-refractivity contribution in [2.75, 3.05) is 7.11 Å². The number of fused-ring (bicyclic) bond motifs is 1. The first-order chi connectivity index (χ1) is 19.8. The summed E-state index contributed by atoms with van der Waals surface area (Å²) in [7, 11) is 1.58. The summed E-state index contributed by atoms with van der Waals surface area (Å²) >= 11 is 0. The van der Waals surface area contributed by atoms with Crippen molar-refractivity contribution < 1.29 is 27.3 Å². The summed E-state index contributed by atoms with van der Waals surface area (Å²) in [6, 6.07) is 20.7. The van der Waals surface area contributed by atoms with Crippen molar-refractivity contribution in [3.05, 3.63) is 126 Å². The van der Waals surface area contributed by atoms with Gasteiger partial charge in [-0.2, -0.15) is 4.57 Å². The van der Waals surface area contributed by atoms with Gasteiger partial charge >= 0.3 is 0 Å². The highest BCUT2D eigenvalue weighted by molar-refractivity contribution is 5.81. The van der Waals surface area contributed by atoms with Crippen LogP contribution in [0, 0.1) is 29.8 Å². The average Bonchev–Trinajstić information content (AvgIpc) is 2.96. The lowest BCUT2D eigenvalue weighted by molar-refractivity contribution is -0.658. The molecule has 0 saturated carbocycles. The SMILES string of the molecule is C#Cc1cc(-c2cccnc2[C@@H](CC(=O)C[n+]2cccc3ccc(OC)cc32)Cc2cc(F)cc(F)c2)ccc1F. The quantitative estimate of drug-likeness (QED) is 0.154. The summed E-state index contributed by atoms with van der Waals surface area (Å²) in [5.74, 6) is 0.438. The van der Waals surface area contributed by atoms with Gasteiger partial charge in [-0.15, -0.1) is 6.42 Å². The molecule has 0 radical (unpaired) electrons. The molecule has 0 aliphatic carbocycles. The Bertz CT molecular complexity index is 1780. The molecule has 4 nitrogen and oxygen atoms in total. The van der Waals surface area contributed by atoms with Gasteiger partial charge in [-0.3, -0.25) is 9.78 Å². The Hall–Kier alpha value is -4.96. The van der Waals surface area contributed by atoms with Crippen LogP contribution < -0.4 is 9.30 Å². The van der Waals surface area contributed by atoms with E-state index in [9.17, 15) is 18.0 Å². The molecule has 0 aliphatic heterocycles. The van der Waals surface area contributed by atoms with Gasteiger partial charge in [0, 0.05) is 41.6 Å². The molecule has 2 heterocycles. The van der Waals surface area contributed by atoms with Crippen molar-refractivity contribution >= 4 is 16.7 Å². The van der Waals surface area contributed by atoms with Gasteiger partial charge in [0.15, 0.2) is 12.0 Å². The van der Waals surface area contributed by atoms with E-state index >= 15 is 0 Å². The van der Waals surface area contributed by atoms with E-state index in [2.05, 4.69) is 10.9 Å². The average molecular weight is 552 g/mol. The number of methoxy groups -OCH3 is 1. The highest BCUT2D eigenvalue weighted by Gasteiger charge is 2.25. The maximum absolute atomic E-state index is 14.2. The molecular weight excluding hydrogens is 525 g/mol. The first-order valence-corrected chi connectivity index (χ1v) is 13.0. The normalized spacial score (nSPS) is 11.7. The Balaban J connectivity index is 1.53. The first-order valence-electron chi connectivity index (χ1n) is 13.0. The fourth-order valence-corrected chi connectivity index (χ4v) is 5.11. The van der Waals surface area contributed by atoms with Crippen LogP contribution in [0.25, 0.3) is 22.0 Å². The molecule has 5 aromatic rings. The van der Waals surface area contributed by atoms with E-state index < -0.39 is 23.4 Å². The van der Waals surface area contributed by atoms with Crippen LogP contribution >= 0.6 is 0 Å².